The van der Waals surface area contributed by atoms with Crippen molar-refractivity contribution < 1.29 is 14.6 Å². The molecule has 0 spiro atoms. The first-order valence-corrected chi connectivity index (χ1v) is 7.84. The van der Waals surface area contributed by atoms with Crippen LogP contribution in [0.5, 0.6) is 11.5 Å². The summed E-state index contributed by atoms with van der Waals surface area (Å²) in [5, 5.41) is 14.2. The second-order valence-corrected chi connectivity index (χ2v) is 5.44. The van der Waals surface area contributed by atoms with Crippen molar-refractivity contribution in [1.29, 1.82) is 0 Å². The number of carbonyl (C=O) groups is 1. The van der Waals surface area contributed by atoms with Crippen LogP contribution in [-0.2, 0) is 4.79 Å². The van der Waals surface area contributed by atoms with E-state index in [9.17, 15) is 9.90 Å². The average Bonchev–Trinajstić information content (AvgIpc) is 2.50. The molecule has 0 unspecified atom stereocenters. The summed E-state index contributed by atoms with van der Waals surface area (Å²) in [6.45, 7) is 2.15. The van der Waals surface area contributed by atoms with Crippen molar-refractivity contribution in [3.05, 3.63) is 22.7 Å². The zero-order valence-electron chi connectivity index (χ0n) is 13.1. The Morgan fingerprint density at radius 1 is 1.36 bits per heavy atom. The molecule has 1 aromatic rings. The number of amides is 1. The number of benzene rings is 1. The zero-order valence-corrected chi connectivity index (χ0v) is 13.8. The number of phenols is 1. The number of unbranched alkanes of at least 4 members (excludes halogenated alkanes) is 4. The topological polar surface area (TPSA) is 70.9 Å². The van der Waals surface area contributed by atoms with Gasteiger partial charge in [-0.2, -0.15) is 5.10 Å². The minimum atomic E-state index is -0.138. The molecule has 22 heavy (non-hydrogen) atoms. The van der Waals surface area contributed by atoms with E-state index in [0.29, 0.717) is 17.0 Å². The Kier molecular flexibility index (Phi) is 8.36. The molecule has 1 aromatic carbocycles. The maximum absolute atomic E-state index is 11.6. The number of phenolic OH excluding ortho intramolecular Hbond substituents is 1. The fraction of sp³-hybridized carbons (Fsp3) is 0.500. The number of hydrogen-bond acceptors (Lipinski definition) is 4. The molecule has 122 valence electrons. The van der Waals surface area contributed by atoms with Gasteiger partial charge in [0.1, 0.15) is 0 Å². The first-order valence-electron chi connectivity index (χ1n) is 7.46. The van der Waals surface area contributed by atoms with E-state index < -0.39 is 0 Å². The van der Waals surface area contributed by atoms with Gasteiger partial charge in [0, 0.05) is 23.1 Å². The predicted molar refractivity (Wildman–Crippen MR) is 88.8 cm³/mol. The SMILES string of the molecule is CCCCCCCC(=O)NN=Cc1cc(Cl)cc(OC)c1O. The molecule has 1 amide bonds. The number of aromatic hydroxyl groups is 1. The standard InChI is InChI=1S/C16H23ClN2O3/c1-3-4-5-6-7-8-15(20)19-18-11-12-9-13(17)10-14(22-2)16(12)21/h9-11,21H,3-8H2,1-2H3,(H,19,20). The molecule has 1 rings (SSSR count). The number of nitrogens with one attached hydrogen (secondary N) is 1. The molecule has 0 aliphatic carbocycles. The fourth-order valence-electron chi connectivity index (χ4n) is 1.97. The molecule has 0 saturated heterocycles. The molecule has 5 nitrogen and oxygen atoms in total. The van der Waals surface area contributed by atoms with E-state index in [1.165, 1.54) is 32.2 Å². The number of hydrogen-bond donors (Lipinski definition) is 2. The van der Waals surface area contributed by atoms with Gasteiger partial charge in [-0.1, -0.05) is 44.2 Å². The van der Waals surface area contributed by atoms with Crippen molar-refractivity contribution in [2.75, 3.05) is 7.11 Å². The summed E-state index contributed by atoms with van der Waals surface area (Å²) < 4.78 is 5.00. The van der Waals surface area contributed by atoms with Crippen molar-refractivity contribution in [3.8, 4) is 11.5 Å². The van der Waals surface area contributed by atoms with Crippen LogP contribution in [0.4, 0.5) is 0 Å². The maximum atomic E-state index is 11.6. The van der Waals surface area contributed by atoms with E-state index in [1.807, 2.05) is 0 Å². The van der Waals surface area contributed by atoms with Crippen molar-refractivity contribution >= 4 is 23.7 Å². The highest BCUT2D eigenvalue weighted by Crippen LogP contribution is 2.32. The van der Waals surface area contributed by atoms with Gasteiger partial charge in [-0.15, -0.1) is 0 Å². The second kappa shape index (κ2) is 10.1. The Balaban J connectivity index is 2.45. The van der Waals surface area contributed by atoms with Gasteiger partial charge in [-0.25, -0.2) is 5.43 Å². The Bertz CT molecular complexity index is 518. The van der Waals surface area contributed by atoms with Crippen molar-refractivity contribution in [3.63, 3.8) is 0 Å². The lowest BCUT2D eigenvalue weighted by Gasteiger charge is -2.06. The number of carbonyl (C=O) groups excluding carboxylic acids is 1. The Hall–Kier alpha value is -1.75. The second-order valence-electron chi connectivity index (χ2n) is 5.00. The van der Waals surface area contributed by atoms with Crippen LogP contribution in [0.2, 0.25) is 5.02 Å². The fourth-order valence-corrected chi connectivity index (χ4v) is 2.18. The highest BCUT2D eigenvalue weighted by Gasteiger charge is 2.08. The van der Waals surface area contributed by atoms with E-state index >= 15 is 0 Å². The highest BCUT2D eigenvalue weighted by molar-refractivity contribution is 6.31. The normalized spacial score (nSPS) is 10.9. The van der Waals surface area contributed by atoms with Crippen LogP contribution < -0.4 is 10.2 Å². The average molecular weight is 327 g/mol. The van der Waals surface area contributed by atoms with Gasteiger partial charge in [0.05, 0.1) is 13.3 Å². The third-order valence-electron chi connectivity index (χ3n) is 3.19. The van der Waals surface area contributed by atoms with Gasteiger partial charge in [0.25, 0.3) is 0 Å². The number of halogens is 1. The van der Waals surface area contributed by atoms with Gasteiger partial charge in [-0.05, 0) is 12.5 Å². The van der Waals surface area contributed by atoms with E-state index in [-0.39, 0.29) is 17.4 Å². The molecular formula is C16H23ClN2O3. The van der Waals surface area contributed by atoms with Crippen molar-refractivity contribution in [2.45, 2.75) is 45.4 Å². The van der Waals surface area contributed by atoms with Crippen molar-refractivity contribution in [2.24, 2.45) is 5.10 Å². The molecule has 0 bridgehead atoms. The molecule has 0 fully saturated rings. The van der Waals surface area contributed by atoms with Gasteiger partial charge in [-0.3, -0.25) is 4.79 Å². The summed E-state index contributed by atoms with van der Waals surface area (Å²) >= 11 is 5.91. The maximum Gasteiger partial charge on any atom is 0.240 e. The van der Waals surface area contributed by atoms with Gasteiger partial charge in [0.15, 0.2) is 11.5 Å². The molecule has 0 aliphatic rings. The van der Waals surface area contributed by atoms with E-state index in [4.69, 9.17) is 16.3 Å². The molecule has 2 N–H and O–H groups in total. The summed E-state index contributed by atoms with van der Waals surface area (Å²) in [6, 6.07) is 3.04. The van der Waals surface area contributed by atoms with E-state index in [0.717, 1.165) is 19.3 Å². The van der Waals surface area contributed by atoms with Crippen LogP contribution in [0.1, 0.15) is 51.0 Å². The third-order valence-corrected chi connectivity index (χ3v) is 3.41. The van der Waals surface area contributed by atoms with Gasteiger partial charge < -0.3 is 9.84 Å². The van der Waals surface area contributed by atoms with E-state index in [1.54, 1.807) is 6.07 Å². The van der Waals surface area contributed by atoms with Crippen LogP contribution in [0.25, 0.3) is 0 Å². The number of nitrogens with zero attached hydrogens (tertiary/aromatic N) is 1. The lowest BCUT2D eigenvalue weighted by molar-refractivity contribution is -0.121. The molecule has 0 aromatic heterocycles. The van der Waals surface area contributed by atoms with Gasteiger partial charge >= 0.3 is 0 Å². The quantitative estimate of drug-likeness (QED) is 0.411. The largest absolute Gasteiger partial charge is 0.504 e. The highest BCUT2D eigenvalue weighted by atomic mass is 35.5. The molecule has 6 heteroatoms. The summed E-state index contributed by atoms with van der Waals surface area (Å²) in [7, 11) is 1.44. The van der Waals surface area contributed by atoms with Crippen LogP contribution in [0.15, 0.2) is 17.2 Å². The molecule has 0 aliphatic heterocycles. The van der Waals surface area contributed by atoms with E-state index in [2.05, 4.69) is 17.5 Å². The smallest absolute Gasteiger partial charge is 0.240 e. The minimum absolute atomic E-state index is 0.0653. The summed E-state index contributed by atoms with van der Waals surface area (Å²) in [6.07, 6.45) is 7.25. The molecule has 0 saturated carbocycles. The van der Waals surface area contributed by atoms with Crippen LogP contribution in [0, 0.1) is 0 Å². The van der Waals surface area contributed by atoms with Crippen LogP contribution in [0.3, 0.4) is 0 Å². The number of ether oxygens (including phenoxy) is 1. The molecule has 0 heterocycles. The predicted octanol–water partition coefficient (Wildman–Crippen LogP) is 3.86. The molecule has 0 radical (unpaired) electrons. The molecular weight excluding hydrogens is 304 g/mol. The summed E-state index contributed by atoms with van der Waals surface area (Å²) in [5.74, 6) is 0.0573. The third kappa shape index (κ3) is 6.35. The first-order chi connectivity index (χ1) is 10.6. The zero-order chi connectivity index (χ0) is 16.4. The lowest BCUT2D eigenvalue weighted by atomic mass is 10.1. The Morgan fingerprint density at radius 3 is 2.77 bits per heavy atom. The van der Waals surface area contributed by atoms with Crippen LogP contribution in [-0.4, -0.2) is 24.3 Å². The number of methoxy groups -OCH3 is 1. The van der Waals surface area contributed by atoms with Crippen molar-refractivity contribution in [1.82, 2.24) is 5.43 Å². The number of hydrazone groups is 1. The lowest BCUT2D eigenvalue weighted by Crippen LogP contribution is -2.16. The number of rotatable bonds is 9. The monoisotopic (exact) mass is 326 g/mol. The summed E-state index contributed by atoms with van der Waals surface area (Å²) in [4.78, 5) is 11.6. The Morgan fingerprint density at radius 2 is 2.09 bits per heavy atom. The molecule has 0 atom stereocenters. The minimum Gasteiger partial charge on any atom is -0.504 e. The van der Waals surface area contributed by atoms with Gasteiger partial charge in [0.2, 0.25) is 5.91 Å². The summed E-state index contributed by atoms with van der Waals surface area (Å²) in [5.41, 5.74) is 2.82. The van der Waals surface area contributed by atoms with Crippen LogP contribution >= 0.6 is 11.6 Å². The Labute approximate surface area is 136 Å². The first kappa shape index (κ1) is 18.3.